The average Bonchev–Trinajstić information content (AvgIpc) is 3.39. The number of hydrogen-bond acceptors (Lipinski definition) is 3. The first kappa shape index (κ1) is 15.8. The molecule has 1 aliphatic heterocycles. The lowest BCUT2D eigenvalue weighted by molar-refractivity contribution is 0.171. The molecule has 1 fully saturated rings. The molecule has 0 atom stereocenters. The number of nitrogens with one attached hydrogen (secondary N) is 2. The van der Waals surface area contributed by atoms with Gasteiger partial charge in [-0.15, -0.1) is 0 Å². The predicted octanol–water partition coefficient (Wildman–Crippen LogP) is 3.89. The molecule has 5 heteroatoms. The first-order valence-corrected chi connectivity index (χ1v) is 8.63. The molecule has 2 N–H and O–H groups in total. The SMILES string of the molecule is Cc1cccc(NC(=O)NC2(c3ccc4c(c3)OCCO4)CC2)c1C. The van der Waals surface area contributed by atoms with Gasteiger partial charge in [-0.3, -0.25) is 0 Å². The normalized spacial score (nSPS) is 16.9. The number of aryl methyl sites for hydroxylation is 1. The summed E-state index contributed by atoms with van der Waals surface area (Å²) in [5.74, 6) is 1.53. The van der Waals surface area contributed by atoms with E-state index < -0.39 is 0 Å². The van der Waals surface area contributed by atoms with Gasteiger partial charge in [-0.25, -0.2) is 4.79 Å². The highest BCUT2D eigenvalue weighted by Crippen LogP contribution is 2.47. The number of carbonyl (C=O) groups is 1. The van der Waals surface area contributed by atoms with Gasteiger partial charge in [-0.1, -0.05) is 18.2 Å². The number of carbonyl (C=O) groups excluding carboxylic acids is 1. The number of hydrogen-bond donors (Lipinski definition) is 2. The quantitative estimate of drug-likeness (QED) is 0.893. The van der Waals surface area contributed by atoms with Crippen molar-refractivity contribution in [2.45, 2.75) is 32.2 Å². The molecule has 2 aliphatic rings. The molecule has 2 aromatic carbocycles. The van der Waals surface area contributed by atoms with Gasteiger partial charge in [-0.05, 0) is 61.6 Å². The van der Waals surface area contributed by atoms with Crippen LogP contribution in [-0.2, 0) is 5.54 Å². The molecule has 0 saturated heterocycles. The summed E-state index contributed by atoms with van der Waals surface area (Å²) in [6, 6.07) is 11.7. The fourth-order valence-electron chi connectivity index (χ4n) is 3.21. The molecule has 2 amide bonds. The van der Waals surface area contributed by atoms with E-state index in [9.17, 15) is 4.79 Å². The molecule has 0 aromatic heterocycles. The molecular weight excluding hydrogens is 316 g/mol. The largest absolute Gasteiger partial charge is 0.486 e. The number of rotatable bonds is 3. The lowest BCUT2D eigenvalue weighted by atomic mass is 10.0. The van der Waals surface area contributed by atoms with E-state index in [4.69, 9.17) is 9.47 Å². The van der Waals surface area contributed by atoms with Crippen molar-refractivity contribution in [3.63, 3.8) is 0 Å². The molecule has 0 spiro atoms. The van der Waals surface area contributed by atoms with Crippen molar-refractivity contribution >= 4 is 11.7 Å². The van der Waals surface area contributed by atoms with Gasteiger partial charge in [0.05, 0.1) is 5.54 Å². The van der Waals surface area contributed by atoms with Crippen LogP contribution in [0.2, 0.25) is 0 Å². The fourth-order valence-corrected chi connectivity index (χ4v) is 3.21. The molecule has 0 bridgehead atoms. The van der Waals surface area contributed by atoms with E-state index >= 15 is 0 Å². The average molecular weight is 338 g/mol. The van der Waals surface area contributed by atoms with E-state index in [0.717, 1.165) is 46.7 Å². The van der Waals surface area contributed by atoms with E-state index in [1.54, 1.807) is 0 Å². The van der Waals surface area contributed by atoms with Crippen LogP contribution in [0.4, 0.5) is 10.5 Å². The van der Waals surface area contributed by atoms with Gasteiger partial charge in [0.15, 0.2) is 11.5 Å². The van der Waals surface area contributed by atoms with Crippen molar-refractivity contribution in [3.8, 4) is 11.5 Å². The smallest absolute Gasteiger partial charge is 0.319 e. The standard InChI is InChI=1S/C20H22N2O3/c1-13-4-3-5-16(14(13)2)21-19(23)22-20(8-9-20)15-6-7-17-18(12-15)25-11-10-24-17/h3-7,12H,8-11H2,1-2H3,(H2,21,22,23). The topological polar surface area (TPSA) is 59.6 Å². The maximum atomic E-state index is 12.5. The van der Waals surface area contributed by atoms with Crippen LogP contribution in [0.3, 0.4) is 0 Å². The highest BCUT2D eigenvalue weighted by atomic mass is 16.6. The van der Waals surface area contributed by atoms with Crippen LogP contribution < -0.4 is 20.1 Å². The number of urea groups is 1. The zero-order chi connectivity index (χ0) is 17.4. The number of amides is 2. The van der Waals surface area contributed by atoms with Crippen molar-refractivity contribution in [1.29, 1.82) is 0 Å². The van der Waals surface area contributed by atoms with Crippen LogP contribution in [0, 0.1) is 13.8 Å². The molecule has 0 unspecified atom stereocenters. The highest BCUT2D eigenvalue weighted by molar-refractivity contribution is 5.91. The second kappa shape index (κ2) is 5.99. The fraction of sp³-hybridized carbons (Fsp3) is 0.350. The number of fused-ring (bicyclic) bond motifs is 1. The summed E-state index contributed by atoms with van der Waals surface area (Å²) in [4.78, 5) is 12.5. The Morgan fingerprint density at radius 1 is 1.04 bits per heavy atom. The third-order valence-corrected chi connectivity index (χ3v) is 5.05. The van der Waals surface area contributed by atoms with Gasteiger partial charge in [0.2, 0.25) is 0 Å². The van der Waals surface area contributed by atoms with E-state index in [0.29, 0.717) is 13.2 Å². The summed E-state index contributed by atoms with van der Waals surface area (Å²) in [6.07, 6.45) is 1.85. The molecule has 4 rings (SSSR count). The van der Waals surface area contributed by atoms with Gasteiger partial charge in [0.25, 0.3) is 0 Å². The summed E-state index contributed by atoms with van der Waals surface area (Å²) in [5.41, 5.74) is 3.84. The van der Waals surface area contributed by atoms with Crippen LogP contribution in [0.25, 0.3) is 0 Å². The Hall–Kier alpha value is -2.69. The van der Waals surface area contributed by atoms with E-state index in [1.807, 2.05) is 50.2 Å². The predicted molar refractivity (Wildman–Crippen MR) is 96.4 cm³/mol. The minimum Gasteiger partial charge on any atom is -0.486 e. The van der Waals surface area contributed by atoms with Crippen molar-refractivity contribution in [3.05, 3.63) is 53.1 Å². The summed E-state index contributed by atoms with van der Waals surface area (Å²) < 4.78 is 11.2. The highest BCUT2D eigenvalue weighted by Gasteiger charge is 2.46. The van der Waals surface area contributed by atoms with Gasteiger partial charge in [-0.2, -0.15) is 0 Å². The minimum atomic E-state index is -0.308. The van der Waals surface area contributed by atoms with Crippen molar-refractivity contribution < 1.29 is 14.3 Å². The third kappa shape index (κ3) is 3.02. The summed E-state index contributed by atoms with van der Waals surface area (Å²) in [5, 5.41) is 6.11. The Labute approximate surface area is 147 Å². The number of anilines is 1. The molecule has 1 aliphatic carbocycles. The van der Waals surface area contributed by atoms with Crippen LogP contribution in [-0.4, -0.2) is 19.2 Å². The van der Waals surface area contributed by atoms with E-state index in [2.05, 4.69) is 10.6 Å². The van der Waals surface area contributed by atoms with Gasteiger partial charge in [0, 0.05) is 5.69 Å². The Balaban J connectivity index is 1.50. The zero-order valence-electron chi connectivity index (χ0n) is 14.5. The van der Waals surface area contributed by atoms with Crippen molar-refractivity contribution in [2.24, 2.45) is 0 Å². The molecule has 0 radical (unpaired) electrons. The van der Waals surface area contributed by atoms with E-state index in [1.165, 1.54) is 0 Å². The molecule has 25 heavy (non-hydrogen) atoms. The Morgan fingerprint density at radius 3 is 2.56 bits per heavy atom. The molecule has 2 aromatic rings. The zero-order valence-corrected chi connectivity index (χ0v) is 14.5. The maximum absolute atomic E-state index is 12.5. The second-order valence-electron chi connectivity index (χ2n) is 6.77. The van der Waals surface area contributed by atoms with Crippen molar-refractivity contribution in [1.82, 2.24) is 5.32 Å². The lowest BCUT2D eigenvalue weighted by Gasteiger charge is -2.23. The number of benzene rings is 2. The van der Waals surface area contributed by atoms with Gasteiger partial charge in [0.1, 0.15) is 13.2 Å². The Morgan fingerprint density at radius 2 is 1.80 bits per heavy atom. The molecule has 1 saturated carbocycles. The summed E-state index contributed by atoms with van der Waals surface area (Å²) in [6.45, 7) is 5.19. The van der Waals surface area contributed by atoms with E-state index in [-0.39, 0.29) is 11.6 Å². The first-order valence-electron chi connectivity index (χ1n) is 8.63. The van der Waals surface area contributed by atoms with Crippen LogP contribution >= 0.6 is 0 Å². The summed E-state index contributed by atoms with van der Waals surface area (Å²) >= 11 is 0. The lowest BCUT2D eigenvalue weighted by Crippen LogP contribution is -2.38. The first-order chi connectivity index (χ1) is 12.1. The monoisotopic (exact) mass is 338 g/mol. The molecule has 1 heterocycles. The van der Waals surface area contributed by atoms with Gasteiger partial charge < -0.3 is 20.1 Å². The van der Waals surface area contributed by atoms with Crippen LogP contribution in [0.5, 0.6) is 11.5 Å². The molecule has 130 valence electrons. The number of ether oxygens (including phenoxy) is 2. The third-order valence-electron chi connectivity index (χ3n) is 5.05. The minimum absolute atomic E-state index is 0.180. The Kier molecular flexibility index (Phi) is 3.79. The van der Waals surface area contributed by atoms with Gasteiger partial charge >= 0.3 is 6.03 Å². The van der Waals surface area contributed by atoms with Crippen LogP contribution in [0.15, 0.2) is 36.4 Å². The van der Waals surface area contributed by atoms with Crippen molar-refractivity contribution in [2.75, 3.05) is 18.5 Å². The molecular formula is C20H22N2O3. The second-order valence-corrected chi connectivity index (χ2v) is 6.77. The van der Waals surface area contributed by atoms with Crippen LogP contribution in [0.1, 0.15) is 29.5 Å². The maximum Gasteiger partial charge on any atom is 0.319 e. The Bertz CT molecular complexity index is 828. The molecule has 5 nitrogen and oxygen atoms in total. The summed E-state index contributed by atoms with van der Waals surface area (Å²) in [7, 11) is 0.